The normalized spacial score (nSPS) is 13.4. The van der Waals surface area contributed by atoms with Crippen molar-refractivity contribution in [3.8, 4) is 5.75 Å². The van der Waals surface area contributed by atoms with E-state index in [9.17, 15) is 14.4 Å². The highest BCUT2D eigenvalue weighted by molar-refractivity contribution is 6.01. The minimum absolute atomic E-state index is 0.152. The molecule has 0 aliphatic carbocycles. The average molecular weight is 459 g/mol. The second kappa shape index (κ2) is 10.7. The molecule has 2 amide bonds. The van der Waals surface area contributed by atoms with Gasteiger partial charge in [-0.1, -0.05) is 72.8 Å². The first-order chi connectivity index (χ1) is 16.5. The molecule has 0 N–H and O–H groups in total. The summed E-state index contributed by atoms with van der Waals surface area (Å²) in [5, 5.41) is 0. The zero-order valence-corrected chi connectivity index (χ0v) is 18.9. The number of anilines is 1. The third kappa shape index (κ3) is 5.61. The van der Waals surface area contributed by atoms with Crippen LogP contribution in [0.3, 0.4) is 0 Å². The maximum atomic E-state index is 13.3. The van der Waals surface area contributed by atoms with Gasteiger partial charge in [-0.05, 0) is 30.2 Å². The molecule has 1 aliphatic heterocycles. The molecule has 1 aliphatic rings. The van der Waals surface area contributed by atoms with Crippen molar-refractivity contribution in [1.29, 1.82) is 0 Å². The zero-order chi connectivity index (χ0) is 23.9. The summed E-state index contributed by atoms with van der Waals surface area (Å²) < 4.78 is 10.9. The van der Waals surface area contributed by atoms with Crippen LogP contribution in [0.1, 0.15) is 18.1 Å². The molecule has 0 radical (unpaired) electrons. The summed E-state index contributed by atoms with van der Waals surface area (Å²) in [7, 11) is 0. The van der Waals surface area contributed by atoms with Crippen molar-refractivity contribution in [3.05, 3.63) is 96.1 Å². The van der Waals surface area contributed by atoms with Crippen LogP contribution in [0.25, 0.3) is 0 Å². The van der Waals surface area contributed by atoms with E-state index in [1.807, 2.05) is 60.7 Å². The van der Waals surface area contributed by atoms with Gasteiger partial charge in [-0.15, -0.1) is 0 Å². The van der Waals surface area contributed by atoms with E-state index in [-0.39, 0.29) is 25.0 Å². The highest BCUT2D eigenvalue weighted by atomic mass is 16.5. The van der Waals surface area contributed by atoms with Crippen LogP contribution in [0.5, 0.6) is 5.75 Å². The molecule has 3 aromatic rings. The number of benzene rings is 3. The van der Waals surface area contributed by atoms with Gasteiger partial charge in [0, 0.05) is 13.1 Å². The molecule has 0 fully saturated rings. The number of carbonyl (C=O) groups is 3. The third-order valence-electron chi connectivity index (χ3n) is 5.50. The van der Waals surface area contributed by atoms with Crippen molar-refractivity contribution >= 4 is 23.5 Å². The number of fused-ring (bicyclic) bond motifs is 1. The molecule has 7 nitrogen and oxygen atoms in total. The molecule has 0 saturated heterocycles. The predicted molar refractivity (Wildman–Crippen MR) is 127 cm³/mol. The molecule has 34 heavy (non-hydrogen) atoms. The summed E-state index contributed by atoms with van der Waals surface area (Å²) >= 11 is 0. The number of hydrogen-bond acceptors (Lipinski definition) is 5. The fourth-order valence-electron chi connectivity index (χ4n) is 3.82. The van der Waals surface area contributed by atoms with Crippen LogP contribution in [-0.4, -0.2) is 41.9 Å². The monoisotopic (exact) mass is 458 g/mol. The lowest BCUT2D eigenvalue weighted by molar-refractivity contribution is -0.159. The summed E-state index contributed by atoms with van der Waals surface area (Å²) in [5.41, 5.74) is 2.45. The zero-order valence-electron chi connectivity index (χ0n) is 18.9. The van der Waals surface area contributed by atoms with Crippen LogP contribution in [0.4, 0.5) is 5.69 Å². The van der Waals surface area contributed by atoms with Crippen LogP contribution in [0, 0.1) is 0 Å². The minimum Gasteiger partial charge on any atom is -0.482 e. The molecule has 0 bridgehead atoms. The van der Waals surface area contributed by atoms with Crippen molar-refractivity contribution in [2.75, 3.05) is 18.1 Å². The lowest BCUT2D eigenvalue weighted by Gasteiger charge is -2.29. The Kier molecular flexibility index (Phi) is 7.22. The highest BCUT2D eigenvalue weighted by Crippen LogP contribution is 2.31. The van der Waals surface area contributed by atoms with E-state index in [2.05, 4.69) is 0 Å². The number of ether oxygens (including phenoxy) is 2. The van der Waals surface area contributed by atoms with E-state index in [0.717, 1.165) is 11.1 Å². The Balaban J connectivity index is 1.44. The standard InChI is InChI=1S/C27H26N2O5/c1-20(34-26(31)18-29-23-14-8-9-15-24(23)33-19-25(29)30)27(32)28(16-21-10-4-2-5-11-21)17-22-12-6-3-7-13-22/h2-15,20H,16-19H2,1H3. The van der Waals surface area contributed by atoms with Gasteiger partial charge >= 0.3 is 5.97 Å². The van der Waals surface area contributed by atoms with E-state index < -0.39 is 12.1 Å². The summed E-state index contributed by atoms with van der Waals surface area (Å²) in [6, 6.07) is 26.3. The third-order valence-corrected chi connectivity index (χ3v) is 5.50. The second-order valence-electron chi connectivity index (χ2n) is 8.03. The number of hydrogen-bond donors (Lipinski definition) is 0. The van der Waals surface area contributed by atoms with Gasteiger partial charge in [0.05, 0.1) is 5.69 Å². The van der Waals surface area contributed by atoms with Gasteiger partial charge in [-0.3, -0.25) is 19.3 Å². The van der Waals surface area contributed by atoms with Gasteiger partial charge in [0.1, 0.15) is 12.3 Å². The Hall–Kier alpha value is -4.13. The summed E-state index contributed by atoms with van der Waals surface area (Å²) in [6.07, 6.45) is -1.01. The molecule has 1 heterocycles. The Morgan fingerprint density at radius 2 is 1.47 bits per heavy atom. The van der Waals surface area contributed by atoms with E-state index in [1.54, 1.807) is 36.1 Å². The lowest BCUT2D eigenvalue weighted by atomic mass is 10.1. The summed E-state index contributed by atoms with van der Waals surface area (Å²) in [4.78, 5) is 41.3. The van der Waals surface area contributed by atoms with Gasteiger partial charge in [0.2, 0.25) is 0 Å². The van der Waals surface area contributed by atoms with Crippen molar-refractivity contribution in [2.45, 2.75) is 26.1 Å². The Labute approximate surface area is 198 Å². The van der Waals surface area contributed by atoms with E-state index in [0.29, 0.717) is 24.5 Å². The maximum absolute atomic E-state index is 13.3. The SMILES string of the molecule is CC(OC(=O)CN1C(=O)COc2ccccc21)C(=O)N(Cc1ccccc1)Cc1ccccc1. The average Bonchev–Trinajstić information content (AvgIpc) is 2.86. The second-order valence-corrected chi connectivity index (χ2v) is 8.03. The fraction of sp³-hybridized carbons (Fsp3) is 0.222. The van der Waals surface area contributed by atoms with Crippen molar-refractivity contribution in [3.63, 3.8) is 0 Å². The van der Waals surface area contributed by atoms with Crippen LogP contribution >= 0.6 is 0 Å². The first kappa shape index (κ1) is 23.0. The first-order valence-electron chi connectivity index (χ1n) is 11.1. The van der Waals surface area contributed by atoms with Crippen LogP contribution < -0.4 is 9.64 Å². The molecule has 1 unspecified atom stereocenters. The first-order valence-corrected chi connectivity index (χ1v) is 11.1. The summed E-state index contributed by atoms with van der Waals surface area (Å²) in [5.74, 6) is -0.791. The molecule has 3 aromatic carbocycles. The van der Waals surface area contributed by atoms with Gasteiger partial charge in [0.25, 0.3) is 11.8 Å². The number of carbonyl (C=O) groups excluding carboxylic acids is 3. The topological polar surface area (TPSA) is 76.1 Å². The quantitative estimate of drug-likeness (QED) is 0.483. The van der Waals surface area contributed by atoms with Crippen molar-refractivity contribution in [1.82, 2.24) is 4.90 Å². The highest BCUT2D eigenvalue weighted by Gasteiger charge is 2.30. The molecule has 7 heteroatoms. The minimum atomic E-state index is -1.01. The molecule has 0 saturated carbocycles. The number of esters is 1. The molecule has 0 spiro atoms. The predicted octanol–water partition coefficient (Wildman–Crippen LogP) is 3.57. The Morgan fingerprint density at radius 3 is 2.09 bits per heavy atom. The van der Waals surface area contributed by atoms with Crippen molar-refractivity contribution < 1.29 is 23.9 Å². The van der Waals surface area contributed by atoms with E-state index in [1.165, 1.54) is 4.90 Å². The van der Waals surface area contributed by atoms with Crippen LogP contribution in [0.15, 0.2) is 84.9 Å². The Bertz CT molecular complexity index is 1110. The van der Waals surface area contributed by atoms with Gasteiger partial charge in [-0.25, -0.2) is 0 Å². The molecule has 174 valence electrons. The van der Waals surface area contributed by atoms with E-state index in [4.69, 9.17) is 9.47 Å². The largest absolute Gasteiger partial charge is 0.482 e. The maximum Gasteiger partial charge on any atom is 0.326 e. The number of para-hydroxylation sites is 2. The number of rotatable bonds is 8. The van der Waals surface area contributed by atoms with Gasteiger partial charge < -0.3 is 14.4 Å². The van der Waals surface area contributed by atoms with Crippen LogP contribution in [0.2, 0.25) is 0 Å². The number of nitrogens with zero attached hydrogens (tertiary/aromatic N) is 2. The molecular weight excluding hydrogens is 432 g/mol. The smallest absolute Gasteiger partial charge is 0.326 e. The summed E-state index contributed by atoms with van der Waals surface area (Å²) in [6.45, 7) is 1.87. The fourth-order valence-corrected chi connectivity index (χ4v) is 3.82. The lowest BCUT2D eigenvalue weighted by Crippen LogP contribution is -2.44. The van der Waals surface area contributed by atoms with Crippen LogP contribution in [-0.2, 0) is 32.2 Å². The van der Waals surface area contributed by atoms with Gasteiger partial charge in [-0.2, -0.15) is 0 Å². The molecule has 0 aromatic heterocycles. The van der Waals surface area contributed by atoms with Crippen molar-refractivity contribution in [2.24, 2.45) is 0 Å². The van der Waals surface area contributed by atoms with Gasteiger partial charge in [0.15, 0.2) is 12.7 Å². The number of amides is 2. The molecular formula is C27H26N2O5. The Morgan fingerprint density at radius 1 is 0.912 bits per heavy atom. The molecule has 1 atom stereocenters. The van der Waals surface area contributed by atoms with E-state index >= 15 is 0 Å². The molecule has 4 rings (SSSR count).